The van der Waals surface area contributed by atoms with Crippen LogP contribution in [-0.4, -0.2) is 58.4 Å². The molecule has 1 saturated heterocycles. The van der Waals surface area contributed by atoms with Gasteiger partial charge in [-0.2, -0.15) is 0 Å². The molecule has 1 aliphatic heterocycles. The first-order valence-corrected chi connectivity index (χ1v) is 7.19. The van der Waals surface area contributed by atoms with Crippen molar-refractivity contribution in [2.24, 2.45) is 0 Å². The van der Waals surface area contributed by atoms with Crippen LogP contribution < -0.4 is 5.56 Å². The van der Waals surface area contributed by atoms with Crippen LogP contribution in [0.25, 0.3) is 11.0 Å². The van der Waals surface area contributed by atoms with Gasteiger partial charge in [-0.25, -0.2) is 9.78 Å². The molecule has 0 spiro atoms. The fourth-order valence-electron chi connectivity index (χ4n) is 2.63. The number of carbonyl (C=O) groups is 1. The molecule has 1 aliphatic rings. The molecule has 3 heterocycles. The first kappa shape index (κ1) is 14.7. The lowest BCUT2D eigenvalue weighted by atomic mass is 10.2. The van der Waals surface area contributed by atoms with Gasteiger partial charge in [0.2, 0.25) is 0 Å². The molecule has 2 aromatic heterocycles. The Balaban J connectivity index is 1.97. The number of pyridine rings is 2. The van der Waals surface area contributed by atoms with E-state index in [0.717, 1.165) is 13.1 Å². The average molecular weight is 303 g/mol. The summed E-state index contributed by atoms with van der Waals surface area (Å²) in [5.41, 5.74) is -0.208. The molecule has 1 N–H and O–H groups in total. The van der Waals surface area contributed by atoms with Crippen LogP contribution in [0.2, 0.25) is 0 Å². The van der Waals surface area contributed by atoms with Crippen LogP contribution in [-0.2, 0) is 11.3 Å². The molecule has 0 bridgehead atoms. The van der Waals surface area contributed by atoms with Crippen LogP contribution in [0.4, 0.5) is 0 Å². The number of rotatable bonds is 4. The van der Waals surface area contributed by atoms with Crippen molar-refractivity contribution < 1.29 is 14.6 Å². The molecular formula is C15H17N3O4. The van der Waals surface area contributed by atoms with Crippen molar-refractivity contribution in [2.45, 2.75) is 6.54 Å². The first-order valence-electron chi connectivity index (χ1n) is 7.19. The molecule has 7 nitrogen and oxygen atoms in total. The molecule has 7 heteroatoms. The van der Waals surface area contributed by atoms with Crippen LogP contribution in [0, 0.1) is 0 Å². The summed E-state index contributed by atoms with van der Waals surface area (Å²) in [6, 6.07) is 4.88. The van der Waals surface area contributed by atoms with Gasteiger partial charge in [0.15, 0.2) is 0 Å². The maximum absolute atomic E-state index is 12.4. The van der Waals surface area contributed by atoms with Gasteiger partial charge in [-0.1, -0.05) is 0 Å². The lowest BCUT2D eigenvalue weighted by Crippen LogP contribution is -2.39. The molecule has 0 atom stereocenters. The standard InChI is InChI=1S/C15H17N3O4/c19-14-12(15(20)21)10-11-2-1-3-16-13(11)18(14)5-4-17-6-8-22-9-7-17/h1-3,10H,4-9H2,(H,20,21). The Kier molecular flexibility index (Phi) is 4.17. The minimum atomic E-state index is -1.21. The zero-order valence-electron chi connectivity index (χ0n) is 12.1. The summed E-state index contributed by atoms with van der Waals surface area (Å²) in [4.78, 5) is 30.1. The summed E-state index contributed by atoms with van der Waals surface area (Å²) in [6.07, 6.45) is 1.60. The van der Waals surface area contributed by atoms with E-state index in [0.29, 0.717) is 37.3 Å². The third-order valence-electron chi connectivity index (χ3n) is 3.82. The maximum atomic E-state index is 12.4. The molecule has 116 valence electrons. The van der Waals surface area contributed by atoms with Crippen LogP contribution in [0.3, 0.4) is 0 Å². The highest BCUT2D eigenvalue weighted by Crippen LogP contribution is 2.11. The summed E-state index contributed by atoms with van der Waals surface area (Å²) < 4.78 is 6.75. The van der Waals surface area contributed by atoms with E-state index in [1.165, 1.54) is 10.6 Å². The molecule has 0 amide bonds. The number of fused-ring (bicyclic) bond motifs is 1. The largest absolute Gasteiger partial charge is 0.477 e. The number of carboxylic acid groups (broad SMARTS) is 1. The molecule has 0 aromatic carbocycles. The summed E-state index contributed by atoms with van der Waals surface area (Å²) >= 11 is 0. The van der Waals surface area contributed by atoms with E-state index in [4.69, 9.17) is 4.74 Å². The molecule has 22 heavy (non-hydrogen) atoms. The summed E-state index contributed by atoms with van der Waals surface area (Å²) in [7, 11) is 0. The van der Waals surface area contributed by atoms with Gasteiger partial charge in [0.05, 0.1) is 13.2 Å². The van der Waals surface area contributed by atoms with Gasteiger partial charge in [-0.15, -0.1) is 0 Å². The van der Waals surface area contributed by atoms with Crippen molar-refractivity contribution in [1.29, 1.82) is 0 Å². The normalized spacial score (nSPS) is 16.0. The summed E-state index contributed by atoms with van der Waals surface area (Å²) in [6.45, 7) is 4.08. The van der Waals surface area contributed by atoms with E-state index in [2.05, 4.69) is 9.88 Å². The zero-order valence-corrected chi connectivity index (χ0v) is 12.1. The Hall–Kier alpha value is -2.25. The predicted octanol–water partition coefficient (Wildman–Crippen LogP) is 0.427. The summed E-state index contributed by atoms with van der Waals surface area (Å²) in [5, 5.41) is 9.86. The van der Waals surface area contributed by atoms with E-state index in [-0.39, 0.29) is 5.56 Å². The van der Waals surface area contributed by atoms with Gasteiger partial charge in [0.25, 0.3) is 5.56 Å². The lowest BCUT2D eigenvalue weighted by Gasteiger charge is -2.26. The molecule has 1 fully saturated rings. The molecule has 0 radical (unpaired) electrons. The molecule has 0 saturated carbocycles. The lowest BCUT2D eigenvalue weighted by molar-refractivity contribution is 0.0364. The van der Waals surface area contributed by atoms with E-state index >= 15 is 0 Å². The van der Waals surface area contributed by atoms with Crippen LogP contribution in [0.5, 0.6) is 0 Å². The van der Waals surface area contributed by atoms with E-state index in [9.17, 15) is 14.7 Å². The Labute approximate surface area is 126 Å². The smallest absolute Gasteiger partial charge is 0.341 e. The topological polar surface area (TPSA) is 84.7 Å². The van der Waals surface area contributed by atoms with Crippen LogP contribution in [0.1, 0.15) is 10.4 Å². The second kappa shape index (κ2) is 6.25. The van der Waals surface area contributed by atoms with Crippen molar-refractivity contribution in [2.75, 3.05) is 32.8 Å². The van der Waals surface area contributed by atoms with Crippen molar-refractivity contribution in [1.82, 2.24) is 14.5 Å². The molecule has 3 rings (SSSR count). The first-order chi connectivity index (χ1) is 10.7. The van der Waals surface area contributed by atoms with Crippen LogP contribution in [0.15, 0.2) is 29.2 Å². The zero-order chi connectivity index (χ0) is 15.5. The van der Waals surface area contributed by atoms with Gasteiger partial charge in [-0.3, -0.25) is 14.3 Å². The SMILES string of the molecule is O=C(O)c1cc2cccnc2n(CCN2CCOCC2)c1=O. The number of aromatic carboxylic acids is 1. The van der Waals surface area contributed by atoms with Gasteiger partial charge in [0, 0.05) is 37.8 Å². The second-order valence-electron chi connectivity index (χ2n) is 5.19. The molecular weight excluding hydrogens is 286 g/mol. The number of aromatic nitrogens is 2. The van der Waals surface area contributed by atoms with E-state index in [1.807, 2.05) is 0 Å². The molecule has 2 aromatic rings. The highest BCUT2D eigenvalue weighted by Gasteiger charge is 2.16. The number of carboxylic acids is 1. The van der Waals surface area contributed by atoms with Crippen molar-refractivity contribution in [3.63, 3.8) is 0 Å². The highest BCUT2D eigenvalue weighted by atomic mass is 16.5. The van der Waals surface area contributed by atoms with Gasteiger partial charge < -0.3 is 9.84 Å². The summed E-state index contributed by atoms with van der Waals surface area (Å²) in [5.74, 6) is -1.21. The quantitative estimate of drug-likeness (QED) is 0.881. The second-order valence-corrected chi connectivity index (χ2v) is 5.19. The fourth-order valence-corrected chi connectivity index (χ4v) is 2.63. The number of nitrogens with zero attached hydrogens (tertiary/aromatic N) is 3. The van der Waals surface area contributed by atoms with Crippen molar-refractivity contribution in [3.8, 4) is 0 Å². The highest BCUT2D eigenvalue weighted by molar-refractivity contribution is 5.91. The Morgan fingerprint density at radius 1 is 1.32 bits per heavy atom. The Bertz CT molecular complexity index is 750. The number of hydrogen-bond acceptors (Lipinski definition) is 5. The third-order valence-corrected chi connectivity index (χ3v) is 3.82. The Morgan fingerprint density at radius 2 is 2.09 bits per heavy atom. The van der Waals surface area contributed by atoms with Gasteiger partial charge in [0.1, 0.15) is 11.2 Å². The Morgan fingerprint density at radius 3 is 2.82 bits per heavy atom. The number of morpholine rings is 1. The fraction of sp³-hybridized carbons (Fsp3) is 0.400. The number of hydrogen-bond donors (Lipinski definition) is 1. The minimum Gasteiger partial charge on any atom is -0.477 e. The maximum Gasteiger partial charge on any atom is 0.341 e. The van der Waals surface area contributed by atoms with Crippen molar-refractivity contribution in [3.05, 3.63) is 40.3 Å². The minimum absolute atomic E-state index is 0.220. The van der Waals surface area contributed by atoms with Crippen molar-refractivity contribution >= 4 is 17.0 Å². The van der Waals surface area contributed by atoms with E-state index in [1.54, 1.807) is 18.3 Å². The predicted molar refractivity (Wildman–Crippen MR) is 80.2 cm³/mol. The van der Waals surface area contributed by atoms with Gasteiger partial charge in [-0.05, 0) is 18.2 Å². The molecule has 0 aliphatic carbocycles. The van der Waals surface area contributed by atoms with Gasteiger partial charge >= 0.3 is 5.97 Å². The number of ether oxygens (including phenoxy) is 1. The average Bonchev–Trinajstić information content (AvgIpc) is 2.54. The van der Waals surface area contributed by atoms with Crippen LogP contribution >= 0.6 is 0 Å². The van der Waals surface area contributed by atoms with E-state index < -0.39 is 11.5 Å². The monoisotopic (exact) mass is 303 g/mol. The third kappa shape index (κ3) is 2.86. The molecule has 0 unspecified atom stereocenters.